The van der Waals surface area contributed by atoms with Gasteiger partial charge in [-0.15, -0.1) is 0 Å². The largest absolute Gasteiger partial charge is 0.481 e. The van der Waals surface area contributed by atoms with Gasteiger partial charge < -0.3 is 19.9 Å². The van der Waals surface area contributed by atoms with Crippen LogP contribution in [-0.2, 0) is 11.0 Å². The molecule has 1 unspecified atom stereocenters. The van der Waals surface area contributed by atoms with Crippen molar-refractivity contribution < 1.29 is 40.8 Å². The van der Waals surface area contributed by atoms with E-state index in [9.17, 15) is 27.2 Å². The first kappa shape index (κ1) is 27.5. The first-order valence-electron chi connectivity index (χ1n) is 12.5. The third kappa shape index (κ3) is 5.49. The maximum atomic E-state index is 15.4. The molecule has 214 valence electrons. The third-order valence-electron chi connectivity index (χ3n) is 7.22. The standard InChI is InChI=1S/C25H25F5N6O4/c1-11(15-7-14(26)8-31-24(15)39-2)36-21(27)17(9-32-36)33-23(38)19(18(12-3-4-12)13-5-6-13)34-22(37)16-10-40-35-20(16)25(28,29)30/h7-13,18-19H,3-6H2,1-2H3,(H,33,38)(H,34,37)/t11-,19?/m0/s1. The Labute approximate surface area is 224 Å². The summed E-state index contributed by atoms with van der Waals surface area (Å²) in [5, 5.41) is 11.7. The molecule has 2 saturated carbocycles. The van der Waals surface area contributed by atoms with Crippen molar-refractivity contribution in [1.29, 1.82) is 0 Å². The summed E-state index contributed by atoms with van der Waals surface area (Å²) in [6.45, 7) is 1.52. The number of rotatable bonds is 10. The quantitative estimate of drug-likeness (QED) is 0.349. The van der Waals surface area contributed by atoms with Gasteiger partial charge >= 0.3 is 6.18 Å². The first-order chi connectivity index (χ1) is 19.0. The zero-order chi connectivity index (χ0) is 28.8. The second-order valence-corrected chi connectivity index (χ2v) is 9.99. The molecule has 0 spiro atoms. The van der Waals surface area contributed by atoms with E-state index >= 15 is 4.39 Å². The van der Waals surface area contributed by atoms with Gasteiger partial charge in [0.25, 0.3) is 5.91 Å². The normalized spacial score (nSPS) is 17.0. The molecule has 2 fully saturated rings. The molecule has 5 rings (SSSR count). The van der Waals surface area contributed by atoms with E-state index in [1.165, 1.54) is 14.0 Å². The lowest BCUT2D eigenvalue weighted by atomic mass is 9.88. The van der Waals surface area contributed by atoms with Crippen molar-refractivity contribution >= 4 is 17.5 Å². The molecule has 2 amide bonds. The van der Waals surface area contributed by atoms with Gasteiger partial charge in [-0.3, -0.25) is 9.59 Å². The highest BCUT2D eigenvalue weighted by Crippen LogP contribution is 2.51. The number of aromatic nitrogens is 4. The number of alkyl halides is 3. The van der Waals surface area contributed by atoms with Crippen LogP contribution in [-0.4, -0.2) is 44.9 Å². The molecule has 15 heteroatoms. The Morgan fingerprint density at radius 3 is 2.42 bits per heavy atom. The number of pyridine rings is 1. The van der Waals surface area contributed by atoms with Crippen molar-refractivity contribution in [2.75, 3.05) is 12.4 Å². The van der Waals surface area contributed by atoms with Crippen LogP contribution in [0.5, 0.6) is 5.88 Å². The van der Waals surface area contributed by atoms with Gasteiger partial charge in [0.2, 0.25) is 17.7 Å². The van der Waals surface area contributed by atoms with Crippen LogP contribution in [0.25, 0.3) is 0 Å². The molecule has 0 saturated heterocycles. The SMILES string of the molecule is COc1ncc(F)cc1[C@H](C)n1ncc(NC(=O)C(NC(=O)c2conc2C(F)(F)F)C(C2CC2)C2CC2)c1F. The summed E-state index contributed by atoms with van der Waals surface area (Å²) in [6, 6.07) is -1.02. The van der Waals surface area contributed by atoms with Crippen LogP contribution in [0.2, 0.25) is 0 Å². The third-order valence-corrected chi connectivity index (χ3v) is 7.22. The van der Waals surface area contributed by atoms with E-state index in [0.717, 1.165) is 48.8 Å². The minimum atomic E-state index is -4.95. The van der Waals surface area contributed by atoms with E-state index in [1.54, 1.807) is 0 Å². The molecule has 3 aromatic heterocycles. The van der Waals surface area contributed by atoms with E-state index in [0.29, 0.717) is 6.26 Å². The summed E-state index contributed by atoms with van der Waals surface area (Å²) < 4.78 is 79.6. The van der Waals surface area contributed by atoms with Gasteiger partial charge in [-0.1, -0.05) is 5.16 Å². The van der Waals surface area contributed by atoms with Gasteiger partial charge in [-0.25, -0.2) is 14.1 Å². The van der Waals surface area contributed by atoms with Crippen LogP contribution in [0.4, 0.5) is 27.6 Å². The Balaban J connectivity index is 1.40. The average Bonchev–Trinajstić information content (AvgIpc) is 3.84. The Morgan fingerprint density at radius 1 is 1.15 bits per heavy atom. The second-order valence-electron chi connectivity index (χ2n) is 9.99. The molecule has 2 N–H and O–H groups in total. The molecule has 10 nitrogen and oxygen atoms in total. The van der Waals surface area contributed by atoms with Gasteiger partial charge in [0.05, 0.1) is 25.5 Å². The first-order valence-corrected chi connectivity index (χ1v) is 12.5. The molecule has 2 aliphatic carbocycles. The number of carbonyl (C=O) groups excluding carboxylic acids is 2. The van der Waals surface area contributed by atoms with E-state index in [4.69, 9.17) is 4.74 Å². The Kier molecular flexibility index (Phi) is 7.23. The van der Waals surface area contributed by atoms with E-state index in [1.807, 2.05) is 0 Å². The van der Waals surface area contributed by atoms with Crippen molar-refractivity contribution in [2.45, 2.75) is 50.9 Å². The summed E-state index contributed by atoms with van der Waals surface area (Å²) in [5.74, 6) is -3.74. The molecule has 3 aromatic rings. The number of carbonyl (C=O) groups is 2. The highest BCUT2D eigenvalue weighted by atomic mass is 19.4. The molecule has 0 aromatic carbocycles. The minimum Gasteiger partial charge on any atom is -0.481 e. The van der Waals surface area contributed by atoms with Crippen molar-refractivity contribution in [2.24, 2.45) is 17.8 Å². The van der Waals surface area contributed by atoms with E-state index < -0.39 is 53.1 Å². The Bertz CT molecular complexity index is 1400. The van der Waals surface area contributed by atoms with Crippen LogP contribution in [0.15, 0.2) is 29.2 Å². The lowest BCUT2D eigenvalue weighted by Crippen LogP contribution is -2.50. The molecule has 0 bridgehead atoms. The molecular weight excluding hydrogens is 543 g/mol. The molecular formula is C25H25F5N6O4. The van der Waals surface area contributed by atoms with Crippen LogP contribution in [0, 0.1) is 29.5 Å². The lowest BCUT2D eigenvalue weighted by molar-refractivity contribution is -0.143. The zero-order valence-electron chi connectivity index (χ0n) is 21.3. The monoisotopic (exact) mass is 568 g/mol. The van der Waals surface area contributed by atoms with Gasteiger partial charge in [0.15, 0.2) is 5.69 Å². The minimum absolute atomic E-state index is 0.0563. The highest BCUT2D eigenvalue weighted by molar-refractivity contribution is 6.01. The lowest BCUT2D eigenvalue weighted by Gasteiger charge is -2.27. The maximum Gasteiger partial charge on any atom is 0.437 e. The van der Waals surface area contributed by atoms with Crippen LogP contribution < -0.4 is 15.4 Å². The molecule has 2 aliphatic rings. The maximum absolute atomic E-state index is 15.4. The predicted molar refractivity (Wildman–Crippen MR) is 127 cm³/mol. The number of anilines is 1. The van der Waals surface area contributed by atoms with Gasteiger partial charge in [-0.2, -0.15) is 22.7 Å². The predicted octanol–water partition coefficient (Wildman–Crippen LogP) is 4.35. The fourth-order valence-electron chi connectivity index (χ4n) is 5.00. The number of nitrogens with one attached hydrogen (secondary N) is 2. The number of amides is 2. The van der Waals surface area contributed by atoms with Crippen LogP contribution >= 0.6 is 0 Å². The van der Waals surface area contributed by atoms with Crippen LogP contribution in [0.3, 0.4) is 0 Å². The highest BCUT2D eigenvalue weighted by Gasteiger charge is 2.49. The van der Waals surface area contributed by atoms with Crippen molar-refractivity contribution in [3.8, 4) is 5.88 Å². The Morgan fingerprint density at radius 2 is 1.82 bits per heavy atom. The smallest absolute Gasteiger partial charge is 0.437 e. The summed E-state index contributed by atoms with van der Waals surface area (Å²) in [5.41, 5.74) is -2.50. The van der Waals surface area contributed by atoms with Crippen molar-refractivity contribution in [1.82, 2.24) is 25.2 Å². The summed E-state index contributed by atoms with van der Waals surface area (Å²) >= 11 is 0. The number of ether oxygens (including phenoxy) is 1. The molecule has 40 heavy (non-hydrogen) atoms. The van der Waals surface area contributed by atoms with Crippen LogP contribution in [0.1, 0.15) is 60.3 Å². The average molecular weight is 569 g/mol. The number of nitrogens with zero attached hydrogens (tertiary/aromatic N) is 4. The van der Waals surface area contributed by atoms with E-state index in [2.05, 4.69) is 30.4 Å². The van der Waals surface area contributed by atoms with Gasteiger partial charge in [-0.05, 0) is 56.4 Å². The number of hydrogen-bond acceptors (Lipinski definition) is 7. The number of halogens is 5. The van der Waals surface area contributed by atoms with Crippen molar-refractivity contribution in [3.63, 3.8) is 0 Å². The topological polar surface area (TPSA) is 124 Å². The molecule has 0 radical (unpaired) electrons. The van der Waals surface area contributed by atoms with Crippen molar-refractivity contribution in [3.05, 3.63) is 53.3 Å². The van der Waals surface area contributed by atoms with E-state index in [-0.39, 0.29) is 34.9 Å². The summed E-state index contributed by atoms with van der Waals surface area (Å²) in [7, 11) is 1.32. The number of hydrogen-bond donors (Lipinski definition) is 2. The fourth-order valence-corrected chi connectivity index (χ4v) is 5.00. The number of methoxy groups -OCH3 is 1. The fraction of sp³-hybridized carbons (Fsp3) is 0.480. The molecule has 3 heterocycles. The second kappa shape index (κ2) is 10.5. The van der Waals surface area contributed by atoms with Gasteiger partial charge in [0.1, 0.15) is 29.4 Å². The summed E-state index contributed by atoms with van der Waals surface area (Å²) in [6.07, 6.45) is 0.818. The summed E-state index contributed by atoms with van der Waals surface area (Å²) in [4.78, 5) is 30.2. The van der Waals surface area contributed by atoms with Gasteiger partial charge in [0, 0.05) is 5.56 Å². The Hall–Kier alpha value is -4.04. The molecule has 0 aliphatic heterocycles. The zero-order valence-corrected chi connectivity index (χ0v) is 21.3. The molecule has 2 atom stereocenters.